The number of carbonyl (C=O) groups excluding carboxylic acids is 1. The van der Waals surface area contributed by atoms with Crippen molar-refractivity contribution in [2.24, 2.45) is 17.6 Å². The van der Waals surface area contributed by atoms with Gasteiger partial charge < -0.3 is 10.5 Å². The number of hydrogen-bond donors (Lipinski definition) is 1. The molecule has 4 fully saturated rings. The average Bonchev–Trinajstić information content (AvgIpc) is 2.88. The van der Waals surface area contributed by atoms with Gasteiger partial charge in [-0.15, -0.1) is 0 Å². The van der Waals surface area contributed by atoms with Gasteiger partial charge in [0, 0.05) is 12.6 Å². The van der Waals surface area contributed by atoms with Crippen LogP contribution in [-0.4, -0.2) is 67.2 Å². The number of nitrogens with two attached hydrogens (primary N) is 1. The topological polar surface area (TPSA) is 58.8 Å². The van der Waals surface area contributed by atoms with E-state index >= 15 is 0 Å². The Morgan fingerprint density at radius 3 is 2.68 bits per heavy atom. The molecule has 108 valence electrons. The van der Waals surface area contributed by atoms with Crippen molar-refractivity contribution in [3.63, 3.8) is 0 Å². The fourth-order valence-electron chi connectivity index (χ4n) is 4.59. The smallest absolute Gasteiger partial charge is 0.324 e. The van der Waals surface area contributed by atoms with Crippen LogP contribution in [-0.2, 0) is 9.53 Å². The average molecular weight is 267 g/mol. The van der Waals surface area contributed by atoms with Gasteiger partial charge in [0.25, 0.3) is 0 Å². The van der Waals surface area contributed by atoms with Gasteiger partial charge in [-0.2, -0.15) is 0 Å². The first-order valence-corrected chi connectivity index (χ1v) is 7.48. The molecule has 5 heteroatoms. The molecular formula is C14H25N3O2. The van der Waals surface area contributed by atoms with Crippen molar-refractivity contribution >= 4 is 5.97 Å². The monoisotopic (exact) mass is 267 g/mol. The van der Waals surface area contributed by atoms with E-state index in [2.05, 4.69) is 16.7 Å². The van der Waals surface area contributed by atoms with Crippen LogP contribution in [0.1, 0.15) is 19.8 Å². The Morgan fingerprint density at radius 2 is 2.11 bits per heavy atom. The molecule has 4 aliphatic rings. The van der Waals surface area contributed by atoms with Crippen LogP contribution in [0.4, 0.5) is 0 Å². The van der Waals surface area contributed by atoms with Crippen molar-refractivity contribution in [2.75, 3.05) is 33.3 Å². The van der Waals surface area contributed by atoms with Crippen molar-refractivity contribution < 1.29 is 9.53 Å². The first-order valence-electron chi connectivity index (χ1n) is 7.48. The molecule has 0 amide bonds. The van der Waals surface area contributed by atoms with Crippen molar-refractivity contribution in [2.45, 2.75) is 37.9 Å². The van der Waals surface area contributed by atoms with E-state index in [9.17, 15) is 4.79 Å². The highest BCUT2D eigenvalue weighted by molar-refractivity contribution is 5.76. The summed E-state index contributed by atoms with van der Waals surface area (Å²) in [5.41, 5.74) is 6.19. The zero-order valence-corrected chi connectivity index (χ0v) is 11.9. The number of fused-ring (bicyclic) bond motifs is 2. The summed E-state index contributed by atoms with van der Waals surface area (Å²) in [5.74, 6) is 1.26. The van der Waals surface area contributed by atoms with Gasteiger partial charge in [0.05, 0.1) is 13.2 Å². The maximum absolute atomic E-state index is 11.8. The Kier molecular flexibility index (Phi) is 3.53. The molecule has 4 saturated heterocycles. The second-order valence-electron chi connectivity index (χ2n) is 6.15. The van der Waals surface area contributed by atoms with Crippen LogP contribution >= 0.6 is 0 Å². The van der Waals surface area contributed by atoms with Crippen LogP contribution < -0.4 is 5.73 Å². The second kappa shape index (κ2) is 5.04. The molecule has 2 N–H and O–H groups in total. The maximum atomic E-state index is 11.8. The quantitative estimate of drug-likeness (QED) is 0.724. The van der Waals surface area contributed by atoms with E-state index in [0.717, 1.165) is 19.0 Å². The Bertz CT molecular complexity index is 355. The minimum absolute atomic E-state index is 0.130. The van der Waals surface area contributed by atoms with Gasteiger partial charge in [-0.1, -0.05) is 6.92 Å². The van der Waals surface area contributed by atoms with E-state index in [0.29, 0.717) is 12.0 Å². The summed E-state index contributed by atoms with van der Waals surface area (Å²) in [5, 5.41) is 0. The van der Waals surface area contributed by atoms with Crippen LogP contribution in [0.2, 0.25) is 0 Å². The summed E-state index contributed by atoms with van der Waals surface area (Å²) in [7, 11) is 1.43. The highest BCUT2D eigenvalue weighted by Crippen LogP contribution is 2.44. The highest BCUT2D eigenvalue weighted by Gasteiger charge is 2.54. The maximum Gasteiger partial charge on any atom is 0.324 e. The number of rotatable bonds is 3. The van der Waals surface area contributed by atoms with E-state index in [4.69, 9.17) is 10.5 Å². The molecule has 4 rings (SSSR count). The number of esters is 1. The lowest BCUT2D eigenvalue weighted by molar-refractivity contribution is -0.144. The van der Waals surface area contributed by atoms with Gasteiger partial charge in [0.2, 0.25) is 0 Å². The van der Waals surface area contributed by atoms with Gasteiger partial charge >= 0.3 is 5.97 Å². The van der Waals surface area contributed by atoms with Crippen molar-refractivity contribution in [1.29, 1.82) is 0 Å². The van der Waals surface area contributed by atoms with Crippen LogP contribution in [0.5, 0.6) is 0 Å². The zero-order valence-electron chi connectivity index (χ0n) is 11.9. The van der Waals surface area contributed by atoms with Crippen LogP contribution in [0.25, 0.3) is 0 Å². The summed E-state index contributed by atoms with van der Waals surface area (Å²) in [6.07, 6.45) is 2.64. The number of likely N-dealkylation sites (N-methyl/N-ethyl adjacent to an activating group) is 1. The lowest BCUT2D eigenvalue weighted by Crippen LogP contribution is -2.62. The van der Waals surface area contributed by atoms with Gasteiger partial charge in [0.15, 0.2) is 0 Å². The predicted octanol–water partition coefficient (Wildman–Crippen LogP) is -0.0988. The number of methoxy groups -OCH3 is 1. The molecule has 4 heterocycles. The Morgan fingerprint density at radius 1 is 1.42 bits per heavy atom. The van der Waals surface area contributed by atoms with Crippen LogP contribution in [0.3, 0.4) is 0 Å². The first-order chi connectivity index (χ1) is 9.17. The molecule has 0 aromatic rings. The molecule has 0 aliphatic carbocycles. The molecule has 0 saturated carbocycles. The van der Waals surface area contributed by atoms with Crippen molar-refractivity contribution in [3.8, 4) is 0 Å². The SMILES string of the molecule is CCN1CC2C3CCN(CC3)C2C1C(N)C(=O)OC. The minimum atomic E-state index is -0.515. The summed E-state index contributed by atoms with van der Waals surface area (Å²) >= 11 is 0. The predicted molar refractivity (Wildman–Crippen MR) is 72.6 cm³/mol. The van der Waals surface area contributed by atoms with Gasteiger partial charge in [-0.3, -0.25) is 14.6 Å². The van der Waals surface area contributed by atoms with Gasteiger partial charge in [-0.05, 0) is 44.3 Å². The van der Waals surface area contributed by atoms with Crippen molar-refractivity contribution in [1.82, 2.24) is 9.80 Å². The second-order valence-corrected chi connectivity index (χ2v) is 6.15. The third-order valence-corrected chi connectivity index (χ3v) is 5.50. The molecule has 0 aromatic carbocycles. The highest BCUT2D eigenvalue weighted by atomic mass is 16.5. The summed E-state index contributed by atoms with van der Waals surface area (Å²) in [6.45, 7) is 6.56. The number of nitrogens with zero attached hydrogens (tertiary/aromatic N) is 2. The minimum Gasteiger partial charge on any atom is -0.468 e. The van der Waals surface area contributed by atoms with E-state index in [1.165, 1.54) is 33.0 Å². The van der Waals surface area contributed by atoms with Gasteiger partial charge in [0.1, 0.15) is 6.04 Å². The number of carbonyl (C=O) groups is 1. The van der Waals surface area contributed by atoms with E-state index in [-0.39, 0.29) is 12.0 Å². The molecule has 2 bridgehead atoms. The lowest BCUT2D eigenvalue weighted by Gasteiger charge is -2.50. The number of piperidine rings is 3. The summed E-state index contributed by atoms with van der Waals surface area (Å²) in [4.78, 5) is 16.8. The molecule has 4 unspecified atom stereocenters. The third kappa shape index (κ3) is 1.99. The fraction of sp³-hybridized carbons (Fsp3) is 0.929. The molecular weight excluding hydrogens is 242 g/mol. The normalized spacial score (nSPS) is 43.0. The first kappa shape index (κ1) is 13.3. The van der Waals surface area contributed by atoms with Gasteiger partial charge in [-0.25, -0.2) is 0 Å². The Balaban J connectivity index is 1.86. The van der Waals surface area contributed by atoms with Crippen molar-refractivity contribution in [3.05, 3.63) is 0 Å². The number of hydrogen-bond acceptors (Lipinski definition) is 5. The molecule has 0 spiro atoms. The standard InChI is InChI=1S/C14H25N3O2/c1-3-16-8-10-9-4-6-17(7-5-9)12(10)13(16)11(15)14(18)19-2/h9-13H,3-8,15H2,1-2H3. The Hall–Kier alpha value is -0.650. The third-order valence-electron chi connectivity index (χ3n) is 5.50. The number of likely N-dealkylation sites (tertiary alicyclic amines) is 1. The molecule has 4 aliphatic heterocycles. The molecule has 0 aromatic heterocycles. The zero-order chi connectivity index (χ0) is 13.6. The molecule has 5 nitrogen and oxygen atoms in total. The van der Waals surface area contributed by atoms with Crippen LogP contribution in [0, 0.1) is 11.8 Å². The number of ether oxygens (including phenoxy) is 1. The Labute approximate surface area is 115 Å². The fourth-order valence-corrected chi connectivity index (χ4v) is 4.59. The van der Waals surface area contributed by atoms with E-state index < -0.39 is 6.04 Å². The van der Waals surface area contributed by atoms with E-state index in [1.54, 1.807) is 0 Å². The largest absolute Gasteiger partial charge is 0.468 e. The molecule has 4 atom stereocenters. The summed E-state index contributed by atoms with van der Waals surface area (Å²) in [6, 6.07) is 0.0754. The van der Waals surface area contributed by atoms with Crippen LogP contribution in [0.15, 0.2) is 0 Å². The van der Waals surface area contributed by atoms with E-state index in [1.807, 2.05) is 0 Å². The molecule has 19 heavy (non-hydrogen) atoms. The summed E-state index contributed by atoms with van der Waals surface area (Å²) < 4.78 is 4.87. The lowest BCUT2D eigenvalue weighted by atomic mass is 9.73. The molecule has 0 radical (unpaired) electrons.